The van der Waals surface area contributed by atoms with Crippen molar-refractivity contribution in [3.05, 3.63) is 41.7 Å². The van der Waals surface area contributed by atoms with Crippen molar-refractivity contribution < 1.29 is 10.2 Å². The molecule has 136 valence electrons. The maximum absolute atomic E-state index is 8.83. The zero-order chi connectivity index (χ0) is 17.6. The first-order chi connectivity index (χ1) is 11.6. The Bertz CT molecular complexity index is 439. The van der Waals surface area contributed by atoms with E-state index in [1.165, 1.54) is 44.1 Å². The van der Waals surface area contributed by atoms with Crippen LogP contribution in [0.3, 0.4) is 0 Å². The quantitative estimate of drug-likeness (QED) is 0.209. The molecule has 0 saturated carbocycles. The Morgan fingerprint density at radius 1 is 1.21 bits per heavy atom. The molecule has 0 saturated heterocycles. The molecule has 2 nitrogen and oxygen atoms in total. The summed E-state index contributed by atoms with van der Waals surface area (Å²) in [4.78, 5) is 0. The van der Waals surface area contributed by atoms with E-state index in [-0.39, 0.29) is 0 Å². The van der Waals surface area contributed by atoms with E-state index in [1.807, 2.05) is 6.08 Å². The van der Waals surface area contributed by atoms with E-state index in [0.29, 0.717) is 24.7 Å². The molecule has 0 radical (unpaired) electrons. The summed E-state index contributed by atoms with van der Waals surface area (Å²) in [6.45, 7) is 4.38. The van der Waals surface area contributed by atoms with Crippen molar-refractivity contribution >= 4 is 0 Å². The fraction of sp³-hybridized carbons (Fsp3) is 0.682. The highest BCUT2D eigenvalue weighted by molar-refractivity contribution is 5.13. The van der Waals surface area contributed by atoms with E-state index in [2.05, 4.69) is 43.9 Å². The molecule has 1 aliphatic carbocycles. The molecule has 0 aromatic carbocycles. The minimum atomic E-state index is -1.21. The second-order valence-corrected chi connectivity index (χ2v) is 7.02. The van der Waals surface area contributed by atoms with Gasteiger partial charge in [0.25, 0.3) is 0 Å². The summed E-state index contributed by atoms with van der Waals surface area (Å²) in [5.74, 6) is 1.22. The highest BCUT2D eigenvalue weighted by Crippen LogP contribution is 2.31. The van der Waals surface area contributed by atoms with E-state index in [4.69, 9.17) is 10.2 Å². The third-order valence-electron chi connectivity index (χ3n) is 4.66. The summed E-state index contributed by atoms with van der Waals surface area (Å²) in [5, 5.41) is 17.7. The Labute approximate surface area is 148 Å². The minimum absolute atomic E-state index is 0.384. The molecule has 2 N–H and O–H groups in total. The van der Waals surface area contributed by atoms with Crippen LogP contribution in [0.25, 0.3) is 0 Å². The summed E-state index contributed by atoms with van der Waals surface area (Å²) < 4.78 is 0. The molecule has 0 spiro atoms. The van der Waals surface area contributed by atoms with Crippen LogP contribution in [0.15, 0.2) is 41.7 Å². The first-order valence-corrected chi connectivity index (χ1v) is 9.73. The predicted octanol–water partition coefficient (Wildman–Crippen LogP) is 5.68. The lowest BCUT2D eigenvalue weighted by Crippen LogP contribution is -2.06. The zero-order valence-electron chi connectivity index (χ0n) is 15.6. The largest absolute Gasteiger partial charge is 0.368 e. The first-order valence-electron chi connectivity index (χ1n) is 9.73. The van der Waals surface area contributed by atoms with Crippen LogP contribution in [0.4, 0.5) is 0 Å². The SMILES string of the molecule is CCCCCCCC=C[C@H]1C=CC[C@@H]1CC(C)=C=CCCC(O)O. The van der Waals surface area contributed by atoms with Crippen LogP contribution in [-0.2, 0) is 0 Å². The summed E-state index contributed by atoms with van der Waals surface area (Å²) in [7, 11) is 0. The average Bonchev–Trinajstić information content (AvgIpc) is 2.97. The number of aliphatic hydroxyl groups excluding tert-OH is 1. The number of hydrogen-bond donors (Lipinski definition) is 2. The van der Waals surface area contributed by atoms with Crippen LogP contribution in [0.5, 0.6) is 0 Å². The molecule has 0 aromatic rings. The summed E-state index contributed by atoms with van der Waals surface area (Å²) >= 11 is 0. The molecule has 0 amide bonds. The molecule has 0 aliphatic heterocycles. The molecule has 0 unspecified atom stereocenters. The van der Waals surface area contributed by atoms with Gasteiger partial charge < -0.3 is 10.2 Å². The van der Waals surface area contributed by atoms with E-state index in [9.17, 15) is 0 Å². The van der Waals surface area contributed by atoms with Crippen LogP contribution >= 0.6 is 0 Å². The monoisotopic (exact) mass is 332 g/mol. The standard InChI is InChI=1S/C22H36O2/c1-3-4-5-6-7-8-9-14-20-15-12-16-21(20)18-19(2)13-10-11-17-22(23)24/h9-10,12,14-15,20-24H,3-8,11,16-18H2,1-2H3/t13?,20-,21+/m0/s1. The number of unbranched alkanes of at least 4 members (excludes halogenated alkanes) is 5. The van der Waals surface area contributed by atoms with Crippen LogP contribution in [0, 0.1) is 11.8 Å². The molecule has 1 aliphatic rings. The molecule has 2 heteroatoms. The molecule has 0 aromatic heterocycles. The van der Waals surface area contributed by atoms with Gasteiger partial charge in [-0.1, -0.05) is 56.9 Å². The van der Waals surface area contributed by atoms with Crippen molar-refractivity contribution in [2.75, 3.05) is 0 Å². The highest BCUT2D eigenvalue weighted by atomic mass is 16.5. The maximum Gasteiger partial charge on any atom is 0.151 e. The zero-order valence-corrected chi connectivity index (χ0v) is 15.6. The van der Waals surface area contributed by atoms with Crippen LogP contribution in [-0.4, -0.2) is 16.5 Å². The maximum atomic E-state index is 8.83. The third kappa shape index (κ3) is 9.93. The Kier molecular flexibility index (Phi) is 11.6. The lowest BCUT2D eigenvalue weighted by molar-refractivity contribution is -0.0442. The van der Waals surface area contributed by atoms with E-state index < -0.39 is 6.29 Å². The Balaban J connectivity index is 2.31. The molecule has 1 rings (SSSR count). The molecular formula is C22H36O2. The minimum Gasteiger partial charge on any atom is -0.368 e. The van der Waals surface area contributed by atoms with Gasteiger partial charge in [-0.3, -0.25) is 0 Å². The van der Waals surface area contributed by atoms with Crippen LogP contribution < -0.4 is 0 Å². The molecule has 24 heavy (non-hydrogen) atoms. The van der Waals surface area contributed by atoms with Gasteiger partial charge >= 0.3 is 0 Å². The molecule has 0 heterocycles. The number of hydrogen-bond acceptors (Lipinski definition) is 2. The van der Waals surface area contributed by atoms with Crippen LogP contribution in [0.2, 0.25) is 0 Å². The third-order valence-corrected chi connectivity index (χ3v) is 4.66. The van der Waals surface area contributed by atoms with Gasteiger partial charge in [-0.05, 0) is 62.5 Å². The van der Waals surface area contributed by atoms with Crippen molar-refractivity contribution in [3.8, 4) is 0 Å². The second kappa shape index (κ2) is 13.2. The van der Waals surface area contributed by atoms with Crippen molar-refractivity contribution in [1.29, 1.82) is 0 Å². The summed E-state index contributed by atoms with van der Waals surface area (Å²) in [5.41, 5.74) is 4.56. The smallest absolute Gasteiger partial charge is 0.151 e. The topological polar surface area (TPSA) is 40.5 Å². The number of allylic oxidation sites excluding steroid dienone is 5. The fourth-order valence-corrected chi connectivity index (χ4v) is 3.22. The van der Waals surface area contributed by atoms with Crippen molar-refractivity contribution in [2.24, 2.45) is 11.8 Å². The van der Waals surface area contributed by atoms with Gasteiger partial charge in [-0.25, -0.2) is 0 Å². The Morgan fingerprint density at radius 3 is 2.75 bits per heavy atom. The molecular weight excluding hydrogens is 296 g/mol. The van der Waals surface area contributed by atoms with Gasteiger partial charge in [0.2, 0.25) is 0 Å². The lowest BCUT2D eigenvalue weighted by atomic mass is 9.89. The van der Waals surface area contributed by atoms with Crippen molar-refractivity contribution in [2.45, 2.75) is 84.3 Å². The van der Waals surface area contributed by atoms with E-state index in [1.54, 1.807) is 0 Å². The number of rotatable bonds is 12. The fourth-order valence-electron chi connectivity index (χ4n) is 3.22. The van der Waals surface area contributed by atoms with Gasteiger partial charge in [0.15, 0.2) is 6.29 Å². The van der Waals surface area contributed by atoms with Gasteiger partial charge in [-0.15, -0.1) is 5.73 Å². The summed E-state index contributed by atoms with van der Waals surface area (Å²) in [6, 6.07) is 0. The van der Waals surface area contributed by atoms with Crippen molar-refractivity contribution in [1.82, 2.24) is 0 Å². The molecule has 0 bridgehead atoms. The lowest BCUT2D eigenvalue weighted by Gasteiger charge is -2.15. The molecule has 2 atom stereocenters. The van der Waals surface area contributed by atoms with E-state index >= 15 is 0 Å². The van der Waals surface area contributed by atoms with Gasteiger partial charge in [-0.2, -0.15) is 0 Å². The van der Waals surface area contributed by atoms with Gasteiger partial charge in [0.05, 0.1) is 0 Å². The first kappa shape index (κ1) is 21.0. The highest BCUT2D eigenvalue weighted by Gasteiger charge is 2.20. The Morgan fingerprint density at radius 2 is 2.00 bits per heavy atom. The van der Waals surface area contributed by atoms with Crippen LogP contribution in [0.1, 0.15) is 78.1 Å². The average molecular weight is 333 g/mol. The second-order valence-electron chi connectivity index (χ2n) is 7.02. The summed E-state index contributed by atoms with van der Waals surface area (Å²) in [6.07, 6.45) is 21.3. The van der Waals surface area contributed by atoms with Gasteiger partial charge in [0.1, 0.15) is 0 Å². The van der Waals surface area contributed by atoms with E-state index in [0.717, 1.165) is 12.8 Å². The van der Waals surface area contributed by atoms with Gasteiger partial charge in [0, 0.05) is 6.42 Å². The normalized spacial score (nSPS) is 20.0. The Hall–Kier alpha value is -1.08. The molecule has 0 fully saturated rings. The number of aliphatic hydroxyl groups is 2. The van der Waals surface area contributed by atoms with Crippen molar-refractivity contribution in [3.63, 3.8) is 0 Å². The predicted molar refractivity (Wildman–Crippen MR) is 103 cm³/mol.